The van der Waals surface area contributed by atoms with Crippen LogP contribution in [-0.4, -0.2) is 6.10 Å². The van der Waals surface area contributed by atoms with Gasteiger partial charge < -0.3 is 4.74 Å². The highest BCUT2D eigenvalue weighted by molar-refractivity contribution is 5.29. The molecular weight excluding hydrogens is 260 g/mol. The Balaban J connectivity index is 2.00. The summed E-state index contributed by atoms with van der Waals surface area (Å²) in [5.74, 6) is 8.34. The monoisotopic (exact) mass is 290 g/mol. The summed E-state index contributed by atoms with van der Waals surface area (Å²) in [5, 5.41) is 0. The molecular formula is C18H30N2O. The molecule has 1 saturated carbocycles. The van der Waals surface area contributed by atoms with Crippen LogP contribution in [0.1, 0.15) is 64.5 Å². The zero-order valence-electron chi connectivity index (χ0n) is 13.6. The summed E-state index contributed by atoms with van der Waals surface area (Å²) in [5.41, 5.74) is 4.31. The molecule has 0 saturated heterocycles. The number of nitrogens with two attached hydrogens (primary N) is 1. The number of benzene rings is 1. The molecule has 0 spiro atoms. The van der Waals surface area contributed by atoms with Crippen molar-refractivity contribution in [2.45, 2.75) is 65.0 Å². The summed E-state index contributed by atoms with van der Waals surface area (Å²) in [7, 11) is 0. The lowest BCUT2D eigenvalue weighted by molar-refractivity contribution is 0.219. The molecule has 3 nitrogen and oxygen atoms in total. The summed E-state index contributed by atoms with van der Waals surface area (Å²) in [6, 6.07) is 8.66. The Hall–Kier alpha value is -1.06. The van der Waals surface area contributed by atoms with Crippen molar-refractivity contribution in [2.24, 2.45) is 17.7 Å². The van der Waals surface area contributed by atoms with E-state index >= 15 is 0 Å². The van der Waals surface area contributed by atoms with E-state index in [9.17, 15) is 0 Å². The fourth-order valence-electron chi connectivity index (χ4n) is 3.46. The third kappa shape index (κ3) is 4.45. The Labute approximate surface area is 129 Å². The van der Waals surface area contributed by atoms with Crippen LogP contribution >= 0.6 is 0 Å². The zero-order chi connectivity index (χ0) is 15.2. The molecule has 21 heavy (non-hydrogen) atoms. The van der Waals surface area contributed by atoms with E-state index in [1.165, 1.54) is 37.7 Å². The molecule has 3 N–H and O–H groups in total. The molecule has 1 unspecified atom stereocenters. The third-order valence-corrected chi connectivity index (χ3v) is 4.73. The van der Waals surface area contributed by atoms with Crippen molar-refractivity contribution in [3.8, 4) is 5.75 Å². The van der Waals surface area contributed by atoms with E-state index in [0.717, 1.165) is 11.7 Å². The fraction of sp³-hybridized carbons (Fsp3) is 0.667. The van der Waals surface area contributed by atoms with Crippen molar-refractivity contribution >= 4 is 0 Å². The summed E-state index contributed by atoms with van der Waals surface area (Å²) in [6.45, 7) is 6.39. The second-order valence-corrected chi connectivity index (χ2v) is 6.57. The average Bonchev–Trinajstić information content (AvgIpc) is 2.50. The molecule has 1 atom stereocenters. The van der Waals surface area contributed by atoms with Gasteiger partial charge in [-0.1, -0.05) is 38.3 Å². The van der Waals surface area contributed by atoms with Gasteiger partial charge in [-0.05, 0) is 56.2 Å². The van der Waals surface area contributed by atoms with Crippen LogP contribution in [0.2, 0.25) is 0 Å². The fourth-order valence-corrected chi connectivity index (χ4v) is 3.46. The van der Waals surface area contributed by atoms with Crippen LogP contribution < -0.4 is 16.0 Å². The Bertz CT molecular complexity index is 408. The first kappa shape index (κ1) is 16.3. The summed E-state index contributed by atoms with van der Waals surface area (Å²) >= 11 is 0. The molecule has 0 bridgehead atoms. The predicted molar refractivity (Wildman–Crippen MR) is 88.0 cm³/mol. The van der Waals surface area contributed by atoms with Gasteiger partial charge in [-0.15, -0.1) is 0 Å². The molecule has 1 aliphatic rings. The van der Waals surface area contributed by atoms with Crippen molar-refractivity contribution in [1.29, 1.82) is 0 Å². The highest BCUT2D eigenvalue weighted by Crippen LogP contribution is 2.37. The molecule has 118 valence electrons. The number of hydrogen-bond acceptors (Lipinski definition) is 3. The number of rotatable bonds is 6. The molecule has 3 heteroatoms. The Kier molecular flexibility index (Phi) is 6.07. The van der Waals surface area contributed by atoms with E-state index in [0.29, 0.717) is 5.92 Å². The van der Waals surface area contributed by atoms with Crippen LogP contribution in [0.25, 0.3) is 0 Å². The average molecular weight is 290 g/mol. The van der Waals surface area contributed by atoms with Crippen LogP contribution in [0.5, 0.6) is 5.75 Å². The molecule has 0 heterocycles. The first-order valence-corrected chi connectivity index (χ1v) is 8.36. The zero-order valence-corrected chi connectivity index (χ0v) is 13.6. The maximum absolute atomic E-state index is 5.84. The van der Waals surface area contributed by atoms with E-state index < -0.39 is 0 Å². The number of ether oxygens (including phenoxy) is 1. The molecule has 0 amide bonds. The predicted octanol–water partition coefficient (Wildman–Crippen LogP) is 4.19. The lowest BCUT2D eigenvalue weighted by Gasteiger charge is -2.33. The van der Waals surface area contributed by atoms with E-state index in [4.69, 9.17) is 10.6 Å². The van der Waals surface area contributed by atoms with Crippen molar-refractivity contribution in [2.75, 3.05) is 0 Å². The van der Waals surface area contributed by atoms with Gasteiger partial charge in [-0.3, -0.25) is 11.3 Å². The van der Waals surface area contributed by atoms with Gasteiger partial charge in [0.2, 0.25) is 0 Å². The molecule has 0 aliphatic heterocycles. The lowest BCUT2D eigenvalue weighted by atomic mass is 9.76. The summed E-state index contributed by atoms with van der Waals surface area (Å²) < 4.78 is 5.70. The Morgan fingerprint density at radius 3 is 2.24 bits per heavy atom. The van der Waals surface area contributed by atoms with Gasteiger partial charge in [0, 0.05) is 6.04 Å². The quantitative estimate of drug-likeness (QED) is 0.610. The SMILES string of the molecule is CCC1CCC(C(NN)c2ccc(OC(C)C)cc2)CC1. The second-order valence-electron chi connectivity index (χ2n) is 6.57. The minimum atomic E-state index is 0.212. The molecule has 1 fully saturated rings. The summed E-state index contributed by atoms with van der Waals surface area (Å²) in [4.78, 5) is 0. The molecule has 1 aromatic rings. The van der Waals surface area contributed by atoms with Gasteiger partial charge in [-0.25, -0.2) is 0 Å². The van der Waals surface area contributed by atoms with Crippen LogP contribution in [0.15, 0.2) is 24.3 Å². The van der Waals surface area contributed by atoms with Crippen LogP contribution in [0, 0.1) is 11.8 Å². The van der Waals surface area contributed by atoms with Crippen LogP contribution in [-0.2, 0) is 0 Å². The van der Waals surface area contributed by atoms with Crippen molar-refractivity contribution < 1.29 is 4.74 Å². The largest absolute Gasteiger partial charge is 0.491 e. The van der Waals surface area contributed by atoms with Crippen LogP contribution in [0.4, 0.5) is 0 Å². The first-order valence-electron chi connectivity index (χ1n) is 8.36. The van der Waals surface area contributed by atoms with Crippen molar-refractivity contribution in [1.82, 2.24) is 5.43 Å². The molecule has 0 radical (unpaired) electrons. The standard InChI is InChI=1S/C18H30N2O/c1-4-14-5-7-15(8-6-14)18(20-19)16-9-11-17(12-10-16)21-13(2)3/h9-15,18,20H,4-8,19H2,1-3H3. The summed E-state index contributed by atoms with van der Waals surface area (Å²) in [6.07, 6.45) is 6.76. The Morgan fingerprint density at radius 1 is 1.14 bits per heavy atom. The molecule has 2 rings (SSSR count). The van der Waals surface area contributed by atoms with E-state index in [1.807, 2.05) is 13.8 Å². The van der Waals surface area contributed by atoms with E-state index in [1.54, 1.807) is 0 Å². The van der Waals surface area contributed by atoms with Gasteiger partial charge in [0.15, 0.2) is 0 Å². The van der Waals surface area contributed by atoms with Gasteiger partial charge in [0.25, 0.3) is 0 Å². The smallest absolute Gasteiger partial charge is 0.119 e. The Morgan fingerprint density at radius 2 is 1.76 bits per heavy atom. The highest BCUT2D eigenvalue weighted by Gasteiger charge is 2.27. The number of hydrogen-bond donors (Lipinski definition) is 2. The minimum Gasteiger partial charge on any atom is -0.491 e. The van der Waals surface area contributed by atoms with Gasteiger partial charge in [0.05, 0.1) is 6.10 Å². The maximum atomic E-state index is 5.84. The highest BCUT2D eigenvalue weighted by atomic mass is 16.5. The maximum Gasteiger partial charge on any atom is 0.119 e. The van der Waals surface area contributed by atoms with E-state index in [-0.39, 0.29) is 12.1 Å². The molecule has 1 aliphatic carbocycles. The molecule has 1 aromatic carbocycles. The van der Waals surface area contributed by atoms with Gasteiger partial charge in [-0.2, -0.15) is 0 Å². The van der Waals surface area contributed by atoms with Crippen molar-refractivity contribution in [3.05, 3.63) is 29.8 Å². The van der Waals surface area contributed by atoms with Crippen molar-refractivity contribution in [3.63, 3.8) is 0 Å². The first-order chi connectivity index (χ1) is 10.1. The minimum absolute atomic E-state index is 0.212. The normalized spacial score (nSPS) is 24.0. The lowest BCUT2D eigenvalue weighted by Crippen LogP contribution is -2.35. The molecule has 0 aromatic heterocycles. The third-order valence-electron chi connectivity index (χ3n) is 4.73. The second kappa shape index (κ2) is 7.81. The van der Waals surface area contributed by atoms with Gasteiger partial charge >= 0.3 is 0 Å². The van der Waals surface area contributed by atoms with Gasteiger partial charge in [0.1, 0.15) is 5.75 Å². The topological polar surface area (TPSA) is 47.3 Å². The van der Waals surface area contributed by atoms with E-state index in [2.05, 4.69) is 36.6 Å². The van der Waals surface area contributed by atoms with Crippen LogP contribution in [0.3, 0.4) is 0 Å². The number of hydrazine groups is 1. The number of nitrogens with one attached hydrogen (secondary N) is 1.